The number of rotatable bonds is 4. The lowest BCUT2D eigenvalue weighted by atomic mass is 10.1. The lowest BCUT2D eigenvalue weighted by molar-refractivity contribution is 0.0835. The Hall–Kier alpha value is -1.75. The van der Waals surface area contributed by atoms with Crippen molar-refractivity contribution >= 4 is 6.03 Å². The van der Waals surface area contributed by atoms with Crippen LogP contribution in [0.15, 0.2) is 24.3 Å². The van der Waals surface area contributed by atoms with Crippen LogP contribution in [0.25, 0.3) is 0 Å². The van der Waals surface area contributed by atoms with Crippen molar-refractivity contribution in [3.05, 3.63) is 29.8 Å². The number of ether oxygens (including phenoxy) is 1. The molecule has 2 amide bonds. The third kappa shape index (κ3) is 4.36. The third-order valence-electron chi connectivity index (χ3n) is 3.71. The summed E-state index contributed by atoms with van der Waals surface area (Å²) in [7, 11) is 0. The second-order valence-corrected chi connectivity index (χ2v) is 5.42. The fraction of sp³-hybridized carbons (Fsp3) is 0.562. The van der Waals surface area contributed by atoms with E-state index in [9.17, 15) is 9.90 Å². The van der Waals surface area contributed by atoms with E-state index in [0.29, 0.717) is 19.7 Å². The smallest absolute Gasteiger partial charge is 0.317 e. The van der Waals surface area contributed by atoms with Gasteiger partial charge in [-0.15, -0.1) is 0 Å². The van der Waals surface area contributed by atoms with E-state index in [2.05, 4.69) is 5.32 Å². The number of nitrogens with one attached hydrogen (secondary N) is 1. The molecule has 0 aromatic heterocycles. The third-order valence-corrected chi connectivity index (χ3v) is 3.71. The van der Waals surface area contributed by atoms with Crippen molar-refractivity contribution in [3.63, 3.8) is 0 Å². The van der Waals surface area contributed by atoms with Crippen LogP contribution < -0.4 is 10.1 Å². The van der Waals surface area contributed by atoms with E-state index in [-0.39, 0.29) is 12.1 Å². The van der Waals surface area contributed by atoms with Gasteiger partial charge in [0.25, 0.3) is 0 Å². The molecule has 1 aromatic carbocycles. The van der Waals surface area contributed by atoms with E-state index in [1.807, 2.05) is 38.1 Å². The standard InChI is InChI=1S/C16H24N2O3/c1-3-21-15-8-6-13(7-9-15)12(2)17-16(20)18-10-4-5-14(19)11-18/h6-9,12,14,19H,3-5,10-11H2,1-2H3,(H,17,20). The van der Waals surface area contributed by atoms with Crippen LogP contribution in [0.2, 0.25) is 0 Å². The van der Waals surface area contributed by atoms with Gasteiger partial charge in [-0.25, -0.2) is 4.79 Å². The van der Waals surface area contributed by atoms with Crippen LogP contribution in [0.4, 0.5) is 4.79 Å². The number of likely N-dealkylation sites (tertiary alicyclic amines) is 1. The number of benzene rings is 1. The zero-order valence-electron chi connectivity index (χ0n) is 12.7. The van der Waals surface area contributed by atoms with Gasteiger partial charge in [-0.2, -0.15) is 0 Å². The molecule has 1 aliphatic heterocycles. The quantitative estimate of drug-likeness (QED) is 0.895. The predicted molar refractivity (Wildman–Crippen MR) is 81.4 cm³/mol. The van der Waals surface area contributed by atoms with E-state index in [0.717, 1.165) is 24.2 Å². The SMILES string of the molecule is CCOc1ccc(C(C)NC(=O)N2CCCC(O)C2)cc1. The van der Waals surface area contributed by atoms with Gasteiger partial charge in [0.1, 0.15) is 5.75 Å². The number of aliphatic hydroxyl groups excluding tert-OH is 1. The summed E-state index contributed by atoms with van der Waals surface area (Å²) in [4.78, 5) is 13.9. The van der Waals surface area contributed by atoms with E-state index in [1.165, 1.54) is 0 Å². The minimum absolute atomic E-state index is 0.0766. The zero-order chi connectivity index (χ0) is 15.2. The first-order chi connectivity index (χ1) is 10.1. The number of carbonyl (C=O) groups excluding carboxylic acids is 1. The first-order valence-electron chi connectivity index (χ1n) is 7.56. The summed E-state index contributed by atoms with van der Waals surface area (Å²) in [6.45, 7) is 5.67. The Balaban J connectivity index is 1.90. The lowest BCUT2D eigenvalue weighted by Gasteiger charge is -2.31. The largest absolute Gasteiger partial charge is 0.494 e. The Morgan fingerprint density at radius 1 is 1.48 bits per heavy atom. The fourth-order valence-corrected chi connectivity index (χ4v) is 2.52. The van der Waals surface area contributed by atoms with Gasteiger partial charge in [0.05, 0.1) is 18.8 Å². The Morgan fingerprint density at radius 2 is 2.19 bits per heavy atom. The van der Waals surface area contributed by atoms with Crippen molar-refractivity contribution in [3.8, 4) is 5.75 Å². The second kappa shape index (κ2) is 7.31. The Bertz CT molecular complexity index is 461. The van der Waals surface area contributed by atoms with E-state index in [1.54, 1.807) is 4.90 Å². The summed E-state index contributed by atoms with van der Waals surface area (Å²) in [5.41, 5.74) is 1.03. The topological polar surface area (TPSA) is 61.8 Å². The zero-order valence-corrected chi connectivity index (χ0v) is 12.7. The highest BCUT2D eigenvalue weighted by atomic mass is 16.5. The number of β-amino-alcohol motifs (C(OH)–C–C–N with tert-alkyl or cyclic N) is 1. The Kier molecular flexibility index (Phi) is 5.44. The Morgan fingerprint density at radius 3 is 2.81 bits per heavy atom. The van der Waals surface area contributed by atoms with Crippen molar-refractivity contribution in [1.82, 2.24) is 10.2 Å². The van der Waals surface area contributed by atoms with Crippen molar-refractivity contribution < 1.29 is 14.6 Å². The molecule has 0 bridgehead atoms. The molecular weight excluding hydrogens is 268 g/mol. The van der Waals surface area contributed by atoms with E-state index < -0.39 is 6.10 Å². The van der Waals surface area contributed by atoms with Crippen molar-refractivity contribution in [1.29, 1.82) is 0 Å². The van der Waals surface area contributed by atoms with Crippen LogP contribution in [0.3, 0.4) is 0 Å². The van der Waals surface area contributed by atoms with Crippen molar-refractivity contribution in [2.45, 2.75) is 38.8 Å². The highest BCUT2D eigenvalue weighted by Gasteiger charge is 2.23. The van der Waals surface area contributed by atoms with Crippen LogP contribution in [-0.2, 0) is 0 Å². The lowest BCUT2D eigenvalue weighted by Crippen LogP contribution is -2.47. The maximum Gasteiger partial charge on any atom is 0.317 e. The van der Waals surface area contributed by atoms with Crippen molar-refractivity contribution in [2.75, 3.05) is 19.7 Å². The molecule has 0 spiro atoms. The molecule has 1 fully saturated rings. The summed E-state index contributed by atoms with van der Waals surface area (Å²) >= 11 is 0. The summed E-state index contributed by atoms with van der Waals surface area (Å²) in [6.07, 6.45) is 1.23. The minimum atomic E-state index is -0.398. The molecule has 2 rings (SSSR count). The number of carbonyl (C=O) groups is 1. The molecular formula is C16H24N2O3. The Labute approximate surface area is 125 Å². The molecule has 2 unspecified atom stereocenters. The number of urea groups is 1. The molecule has 2 atom stereocenters. The first kappa shape index (κ1) is 15.6. The number of hydrogen-bond acceptors (Lipinski definition) is 3. The minimum Gasteiger partial charge on any atom is -0.494 e. The number of hydrogen-bond donors (Lipinski definition) is 2. The monoisotopic (exact) mass is 292 g/mol. The molecule has 0 aliphatic carbocycles. The molecule has 1 aromatic rings. The fourth-order valence-electron chi connectivity index (χ4n) is 2.52. The second-order valence-electron chi connectivity index (χ2n) is 5.42. The molecule has 0 saturated carbocycles. The van der Waals surface area contributed by atoms with Crippen LogP contribution in [-0.4, -0.2) is 41.8 Å². The van der Waals surface area contributed by atoms with Crippen LogP contribution >= 0.6 is 0 Å². The number of amides is 2. The molecule has 1 heterocycles. The maximum absolute atomic E-state index is 12.2. The maximum atomic E-state index is 12.2. The molecule has 5 heteroatoms. The van der Waals surface area contributed by atoms with Crippen LogP contribution in [0.5, 0.6) is 5.75 Å². The van der Waals surface area contributed by atoms with Gasteiger partial charge in [0.2, 0.25) is 0 Å². The highest BCUT2D eigenvalue weighted by molar-refractivity contribution is 5.74. The molecule has 116 valence electrons. The molecule has 5 nitrogen and oxygen atoms in total. The van der Waals surface area contributed by atoms with Gasteiger partial charge in [0.15, 0.2) is 0 Å². The molecule has 1 aliphatic rings. The van der Waals surface area contributed by atoms with E-state index in [4.69, 9.17) is 4.74 Å². The van der Waals surface area contributed by atoms with Crippen LogP contribution in [0, 0.1) is 0 Å². The number of piperidine rings is 1. The molecule has 0 radical (unpaired) electrons. The average Bonchev–Trinajstić information content (AvgIpc) is 2.48. The van der Waals surface area contributed by atoms with Gasteiger partial charge < -0.3 is 20.1 Å². The molecule has 1 saturated heterocycles. The summed E-state index contributed by atoms with van der Waals surface area (Å²) in [5, 5.41) is 12.6. The van der Waals surface area contributed by atoms with Gasteiger partial charge in [-0.05, 0) is 44.4 Å². The van der Waals surface area contributed by atoms with Crippen LogP contribution in [0.1, 0.15) is 38.3 Å². The van der Waals surface area contributed by atoms with Crippen molar-refractivity contribution in [2.24, 2.45) is 0 Å². The van der Waals surface area contributed by atoms with Gasteiger partial charge >= 0.3 is 6.03 Å². The highest BCUT2D eigenvalue weighted by Crippen LogP contribution is 2.18. The summed E-state index contributed by atoms with van der Waals surface area (Å²) in [6, 6.07) is 7.54. The number of aliphatic hydroxyl groups is 1. The van der Waals surface area contributed by atoms with Gasteiger partial charge in [-0.3, -0.25) is 0 Å². The first-order valence-corrected chi connectivity index (χ1v) is 7.56. The normalized spacial score (nSPS) is 20.0. The summed E-state index contributed by atoms with van der Waals surface area (Å²) < 4.78 is 5.41. The summed E-state index contributed by atoms with van der Waals surface area (Å²) in [5.74, 6) is 0.832. The van der Waals surface area contributed by atoms with Gasteiger partial charge in [0, 0.05) is 13.1 Å². The van der Waals surface area contributed by atoms with Gasteiger partial charge in [-0.1, -0.05) is 12.1 Å². The average molecular weight is 292 g/mol. The molecule has 21 heavy (non-hydrogen) atoms. The molecule has 2 N–H and O–H groups in total. The predicted octanol–water partition coefficient (Wildman–Crippen LogP) is 2.31. The van der Waals surface area contributed by atoms with E-state index >= 15 is 0 Å². The number of nitrogens with zero attached hydrogens (tertiary/aromatic N) is 1.